The molecule has 2 atom stereocenters. The topological polar surface area (TPSA) is 47.6 Å². The van der Waals surface area contributed by atoms with Crippen LogP contribution in [-0.2, 0) is 27.2 Å². The molecule has 2 heterocycles. The molecule has 0 spiro atoms. The molecule has 0 saturated carbocycles. The van der Waals surface area contributed by atoms with Crippen LogP contribution in [0.3, 0.4) is 0 Å². The molecule has 0 bridgehead atoms. The number of carbonyl (C=O) groups is 1. The van der Waals surface area contributed by atoms with Crippen molar-refractivity contribution in [3.05, 3.63) is 35.4 Å². The van der Waals surface area contributed by atoms with Gasteiger partial charge in [0.05, 0.1) is 6.10 Å². The van der Waals surface area contributed by atoms with Crippen LogP contribution in [-0.4, -0.2) is 31.3 Å². The maximum atomic E-state index is 12.1. The predicted octanol–water partition coefficient (Wildman–Crippen LogP) is 1.81. The molecule has 4 nitrogen and oxygen atoms in total. The zero-order valence-corrected chi connectivity index (χ0v) is 11.6. The molecule has 1 saturated heterocycles. The number of hydrogen-bond acceptors (Lipinski definition) is 4. The van der Waals surface area contributed by atoms with E-state index in [0.29, 0.717) is 13.0 Å². The molecule has 0 aromatic heterocycles. The van der Waals surface area contributed by atoms with Crippen LogP contribution in [0.5, 0.6) is 0 Å². The van der Waals surface area contributed by atoms with Gasteiger partial charge in [-0.2, -0.15) is 0 Å². The van der Waals surface area contributed by atoms with Crippen molar-refractivity contribution in [2.75, 3.05) is 13.2 Å². The van der Waals surface area contributed by atoms with Crippen molar-refractivity contribution in [1.29, 1.82) is 0 Å². The molecule has 2 aliphatic rings. The standard InChI is InChI=1S/C16H21NO3/c18-16(20-11-14-7-3-4-8-19-14)15-9-12-5-1-2-6-13(12)10-17-15/h1-2,5-6,14-15,17H,3-4,7-11H2/t14?,15-/m0/s1. The van der Waals surface area contributed by atoms with Crippen LogP contribution in [0.1, 0.15) is 30.4 Å². The molecule has 3 rings (SSSR count). The largest absolute Gasteiger partial charge is 0.462 e. The Kier molecular flexibility index (Phi) is 4.33. The highest BCUT2D eigenvalue weighted by molar-refractivity contribution is 5.76. The van der Waals surface area contributed by atoms with Crippen LogP contribution in [0.15, 0.2) is 24.3 Å². The first kappa shape index (κ1) is 13.6. The molecule has 2 aliphatic heterocycles. The Bertz CT molecular complexity index is 469. The second kappa shape index (κ2) is 6.37. The molecule has 0 amide bonds. The van der Waals surface area contributed by atoms with Gasteiger partial charge < -0.3 is 14.8 Å². The van der Waals surface area contributed by atoms with Crippen molar-refractivity contribution >= 4 is 5.97 Å². The molecule has 0 radical (unpaired) electrons. The second-order valence-corrected chi connectivity index (χ2v) is 5.52. The number of nitrogens with one attached hydrogen (secondary N) is 1. The van der Waals surface area contributed by atoms with E-state index >= 15 is 0 Å². The number of benzene rings is 1. The van der Waals surface area contributed by atoms with Gasteiger partial charge >= 0.3 is 5.97 Å². The Morgan fingerprint density at radius 2 is 2.15 bits per heavy atom. The summed E-state index contributed by atoms with van der Waals surface area (Å²) >= 11 is 0. The average Bonchev–Trinajstić information content (AvgIpc) is 2.53. The first-order valence-corrected chi connectivity index (χ1v) is 7.41. The summed E-state index contributed by atoms with van der Waals surface area (Å²) < 4.78 is 11.0. The van der Waals surface area contributed by atoms with Crippen LogP contribution >= 0.6 is 0 Å². The third-order valence-electron chi connectivity index (χ3n) is 4.05. The maximum Gasteiger partial charge on any atom is 0.323 e. The third-order valence-corrected chi connectivity index (χ3v) is 4.05. The van der Waals surface area contributed by atoms with Crippen LogP contribution in [0.25, 0.3) is 0 Å². The van der Waals surface area contributed by atoms with E-state index < -0.39 is 0 Å². The number of carbonyl (C=O) groups excluding carboxylic acids is 1. The van der Waals surface area contributed by atoms with Crippen molar-refractivity contribution in [3.8, 4) is 0 Å². The Morgan fingerprint density at radius 1 is 1.30 bits per heavy atom. The number of esters is 1. The fourth-order valence-electron chi connectivity index (χ4n) is 2.84. The van der Waals surface area contributed by atoms with E-state index in [1.807, 2.05) is 12.1 Å². The molecule has 1 aromatic rings. The summed E-state index contributed by atoms with van der Waals surface area (Å²) in [4.78, 5) is 12.1. The highest BCUT2D eigenvalue weighted by Gasteiger charge is 2.26. The molecule has 0 aliphatic carbocycles. The molecule has 1 aromatic carbocycles. The van der Waals surface area contributed by atoms with E-state index in [4.69, 9.17) is 9.47 Å². The van der Waals surface area contributed by atoms with Crippen molar-refractivity contribution in [2.45, 2.75) is 44.4 Å². The van der Waals surface area contributed by atoms with E-state index in [0.717, 1.165) is 32.4 Å². The third kappa shape index (κ3) is 3.19. The summed E-state index contributed by atoms with van der Waals surface area (Å²) in [5.74, 6) is -0.159. The van der Waals surface area contributed by atoms with Gasteiger partial charge in [-0.15, -0.1) is 0 Å². The lowest BCUT2D eigenvalue weighted by Gasteiger charge is -2.26. The Morgan fingerprint density at radius 3 is 2.95 bits per heavy atom. The molecule has 1 unspecified atom stereocenters. The smallest absolute Gasteiger partial charge is 0.323 e. The first-order chi connectivity index (χ1) is 9.83. The molecule has 1 fully saturated rings. The zero-order chi connectivity index (χ0) is 13.8. The van der Waals surface area contributed by atoms with Crippen molar-refractivity contribution in [1.82, 2.24) is 5.32 Å². The Hall–Kier alpha value is -1.39. The van der Waals surface area contributed by atoms with Crippen LogP contribution < -0.4 is 5.32 Å². The monoisotopic (exact) mass is 275 g/mol. The van der Waals surface area contributed by atoms with Gasteiger partial charge in [0.1, 0.15) is 12.6 Å². The van der Waals surface area contributed by atoms with Gasteiger partial charge in [-0.1, -0.05) is 24.3 Å². The summed E-state index contributed by atoms with van der Waals surface area (Å²) in [5, 5.41) is 3.25. The fraction of sp³-hybridized carbons (Fsp3) is 0.562. The Labute approximate surface area is 119 Å². The first-order valence-electron chi connectivity index (χ1n) is 7.41. The summed E-state index contributed by atoms with van der Waals surface area (Å²) in [7, 11) is 0. The SMILES string of the molecule is O=C(OCC1CCCCO1)[C@@H]1Cc2ccccc2CN1. The summed E-state index contributed by atoms with van der Waals surface area (Å²) in [6.45, 7) is 1.91. The maximum absolute atomic E-state index is 12.1. The average molecular weight is 275 g/mol. The van der Waals surface area contributed by atoms with Gasteiger partial charge in [0.15, 0.2) is 0 Å². The molecule has 1 N–H and O–H groups in total. The number of ether oxygens (including phenoxy) is 2. The number of hydrogen-bond donors (Lipinski definition) is 1. The highest BCUT2D eigenvalue weighted by Crippen LogP contribution is 2.18. The normalized spacial score (nSPS) is 25.8. The van der Waals surface area contributed by atoms with E-state index in [-0.39, 0.29) is 18.1 Å². The van der Waals surface area contributed by atoms with Crippen molar-refractivity contribution in [3.63, 3.8) is 0 Å². The van der Waals surface area contributed by atoms with E-state index in [1.54, 1.807) is 0 Å². The lowest BCUT2D eigenvalue weighted by atomic mass is 9.96. The molecule has 20 heavy (non-hydrogen) atoms. The minimum Gasteiger partial charge on any atom is -0.462 e. The van der Waals surface area contributed by atoms with Gasteiger partial charge in [-0.25, -0.2) is 0 Å². The number of fused-ring (bicyclic) bond motifs is 1. The molecular formula is C16H21NO3. The van der Waals surface area contributed by atoms with Gasteiger partial charge in [-0.3, -0.25) is 4.79 Å². The van der Waals surface area contributed by atoms with Crippen LogP contribution in [0.4, 0.5) is 0 Å². The van der Waals surface area contributed by atoms with Gasteiger partial charge in [-0.05, 0) is 36.8 Å². The van der Waals surface area contributed by atoms with Gasteiger partial charge in [0.2, 0.25) is 0 Å². The van der Waals surface area contributed by atoms with E-state index in [1.165, 1.54) is 11.1 Å². The van der Waals surface area contributed by atoms with E-state index in [2.05, 4.69) is 17.4 Å². The summed E-state index contributed by atoms with van der Waals surface area (Å²) in [5.41, 5.74) is 2.51. The van der Waals surface area contributed by atoms with Crippen molar-refractivity contribution < 1.29 is 14.3 Å². The quantitative estimate of drug-likeness (QED) is 0.855. The predicted molar refractivity (Wildman–Crippen MR) is 75.3 cm³/mol. The fourth-order valence-corrected chi connectivity index (χ4v) is 2.84. The molecular weight excluding hydrogens is 254 g/mol. The Balaban J connectivity index is 1.51. The highest BCUT2D eigenvalue weighted by atomic mass is 16.6. The molecule has 108 valence electrons. The second-order valence-electron chi connectivity index (χ2n) is 5.52. The van der Waals surface area contributed by atoms with Gasteiger partial charge in [0.25, 0.3) is 0 Å². The van der Waals surface area contributed by atoms with Crippen LogP contribution in [0, 0.1) is 0 Å². The summed E-state index contributed by atoms with van der Waals surface area (Å²) in [6.07, 6.45) is 4.07. The van der Waals surface area contributed by atoms with Crippen LogP contribution in [0.2, 0.25) is 0 Å². The minimum atomic E-state index is -0.228. The van der Waals surface area contributed by atoms with Crippen molar-refractivity contribution in [2.24, 2.45) is 0 Å². The number of rotatable bonds is 3. The lowest BCUT2D eigenvalue weighted by Crippen LogP contribution is -2.43. The minimum absolute atomic E-state index is 0.0866. The lowest BCUT2D eigenvalue weighted by molar-refractivity contribution is -0.151. The van der Waals surface area contributed by atoms with Gasteiger partial charge in [0, 0.05) is 13.2 Å². The zero-order valence-electron chi connectivity index (χ0n) is 11.6. The summed E-state index contributed by atoms with van der Waals surface area (Å²) in [6, 6.07) is 8.00. The molecule has 4 heteroatoms. The van der Waals surface area contributed by atoms with E-state index in [9.17, 15) is 4.79 Å².